The number of unbranched alkanes of at least 4 members (excludes halogenated alkanes) is 3. The lowest BCUT2D eigenvalue weighted by Gasteiger charge is -2.39. The molecule has 9 heteroatoms. The molecule has 270 valence electrons. The Morgan fingerprint density at radius 1 is 0.784 bits per heavy atom. The quantitative estimate of drug-likeness (QED) is 0.0512. The Bertz CT molecular complexity index is 1680. The van der Waals surface area contributed by atoms with Crippen molar-refractivity contribution < 1.29 is 29.4 Å². The normalized spacial score (nSPS) is 17.9. The smallest absolute Gasteiger partial charge is 0.243 e. The molecule has 0 radical (unpaired) electrons. The molecule has 4 atom stereocenters. The molecule has 0 aromatic heterocycles. The monoisotopic (exact) mass is 693 g/mol. The number of amides is 2. The van der Waals surface area contributed by atoms with Crippen LogP contribution in [0.25, 0.3) is 11.1 Å². The summed E-state index contributed by atoms with van der Waals surface area (Å²) in [5.41, 5.74) is 8.83. The third-order valence-electron chi connectivity index (χ3n) is 9.64. The zero-order chi connectivity index (χ0) is 36.0. The van der Waals surface area contributed by atoms with Gasteiger partial charge in [0.1, 0.15) is 0 Å². The van der Waals surface area contributed by atoms with E-state index in [1.165, 1.54) is 5.56 Å². The van der Waals surface area contributed by atoms with Crippen LogP contribution in [-0.4, -0.2) is 46.7 Å². The van der Waals surface area contributed by atoms with E-state index in [1.54, 1.807) is 5.48 Å². The van der Waals surface area contributed by atoms with Crippen molar-refractivity contribution in [2.75, 3.05) is 13.6 Å². The molecule has 51 heavy (non-hydrogen) atoms. The van der Waals surface area contributed by atoms with Gasteiger partial charge in [-0.2, -0.15) is 0 Å². The van der Waals surface area contributed by atoms with Crippen LogP contribution in [0.4, 0.5) is 0 Å². The second-order valence-electron chi connectivity index (χ2n) is 13.4. The van der Waals surface area contributed by atoms with Crippen molar-refractivity contribution in [2.24, 2.45) is 0 Å². The van der Waals surface area contributed by atoms with Crippen LogP contribution < -0.4 is 10.8 Å². The fourth-order valence-corrected chi connectivity index (χ4v) is 6.49. The van der Waals surface area contributed by atoms with Crippen LogP contribution in [0.2, 0.25) is 0 Å². The third kappa shape index (κ3) is 11.3. The summed E-state index contributed by atoms with van der Waals surface area (Å²) in [7, 11) is 2.14. The van der Waals surface area contributed by atoms with Crippen molar-refractivity contribution in [2.45, 2.75) is 89.6 Å². The van der Waals surface area contributed by atoms with Crippen LogP contribution in [0.3, 0.4) is 0 Å². The number of carbonyl (C=O) groups is 2. The van der Waals surface area contributed by atoms with Crippen LogP contribution >= 0.6 is 0 Å². The number of hydrogen-bond acceptors (Lipinski definition) is 7. The van der Waals surface area contributed by atoms with E-state index in [2.05, 4.69) is 72.7 Å². The van der Waals surface area contributed by atoms with Crippen LogP contribution in [-0.2, 0) is 32.2 Å². The molecule has 5 rings (SSSR count). The molecule has 1 saturated heterocycles. The van der Waals surface area contributed by atoms with Crippen LogP contribution in [0.15, 0.2) is 103 Å². The summed E-state index contributed by atoms with van der Waals surface area (Å²) in [6, 6.07) is 35.1. The number of hydrogen-bond donors (Lipinski definition) is 4. The zero-order valence-corrected chi connectivity index (χ0v) is 29.7. The highest BCUT2D eigenvalue weighted by Gasteiger charge is 2.33. The molecule has 1 fully saturated rings. The molecule has 0 aliphatic carbocycles. The fourth-order valence-electron chi connectivity index (χ4n) is 6.49. The van der Waals surface area contributed by atoms with Crippen molar-refractivity contribution in [3.8, 4) is 11.1 Å². The Morgan fingerprint density at radius 2 is 1.47 bits per heavy atom. The fraction of sp³-hybridized carbons (Fsp3) is 0.381. The van der Waals surface area contributed by atoms with Gasteiger partial charge < -0.3 is 19.9 Å². The largest absolute Gasteiger partial charge is 0.392 e. The van der Waals surface area contributed by atoms with E-state index in [-0.39, 0.29) is 43.1 Å². The van der Waals surface area contributed by atoms with E-state index in [1.807, 2.05) is 54.6 Å². The summed E-state index contributed by atoms with van der Waals surface area (Å²) in [6.07, 6.45) is 3.74. The third-order valence-corrected chi connectivity index (χ3v) is 9.64. The molecular formula is C42H51N3O6. The molecular weight excluding hydrogens is 642 g/mol. The second-order valence-corrected chi connectivity index (χ2v) is 13.4. The molecule has 4 aromatic rings. The lowest BCUT2D eigenvalue weighted by atomic mass is 9.98. The summed E-state index contributed by atoms with van der Waals surface area (Å²) in [5.74, 6) is -0.380. The first-order chi connectivity index (χ1) is 24.8. The highest BCUT2D eigenvalue weighted by Crippen LogP contribution is 2.39. The Hall–Kier alpha value is -4.38. The number of aliphatic hydroxyl groups is 1. The number of rotatable bonds is 17. The van der Waals surface area contributed by atoms with E-state index in [0.717, 1.165) is 59.2 Å². The summed E-state index contributed by atoms with van der Waals surface area (Å²) >= 11 is 0. The van der Waals surface area contributed by atoms with Crippen LogP contribution in [0.5, 0.6) is 0 Å². The minimum atomic E-state index is -0.569. The maximum Gasteiger partial charge on any atom is 0.243 e. The zero-order valence-electron chi connectivity index (χ0n) is 29.7. The average molecular weight is 694 g/mol. The minimum Gasteiger partial charge on any atom is -0.392 e. The number of benzene rings is 4. The minimum absolute atomic E-state index is 0.000782. The van der Waals surface area contributed by atoms with Crippen molar-refractivity contribution in [1.29, 1.82) is 0 Å². The van der Waals surface area contributed by atoms with Gasteiger partial charge in [0.05, 0.1) is 18.8 Å². The molecule has 1 aliphatic rings. The SMILES string of the molecule is CC(c1ccccc1)N(C)CC1CC(c2ccc(CO)cc2)OC(c2cccc(-c3cccc(CNC(=O)CCCCCCC(=O)NO)c3)c2)O1. The number of carbonyl (C=O) groups excluding carboxylic acids is 2. The molecule has 0 saturated carbocycles. The lowest BCUT2D eigenvalue weighted by molar-refractivity contribution is -0.253. The number of nitrogens with zero attached hydrogens (tertiary/aromatic N) is 1. The number of nitrogens with one attached hydrogen (secondary N) is 2. The summed E-state index contributed by atoms with van der Waals surface area (Å²) in [6.45, 7) is 3.38. The van der Waals surface area contributed by atoms with Crippen molar-refractivity contribution >= 4 is 11.8 Å². The molecule has 9 nitrogen and oxygen atoms in total. The van der Waals surface area contributed by atoms with E-state index in [4.69, 9.17) is 14.7 Å². The molecule has 4 unspecified atom stereocenters. The second kappa shape index (κ2) is 19.3. The van der Waals surface area contributed by atoms with Gasteiger partial charge >= 0.3 is 0 Å². The molecule has 0 spiro atoms. The first-order valence-corrected chi connectivity index (χ1v) is 18.0. The molecule has 1 heterocycles. The van der Waals surface area contributed by atoms with Gasteiger partial charge in [-0.3, -0.25) is 19.7 Å². The van der Waals surface area contributed by atoms with E-state index in [0.29, 0.717) is 25.8 Å². The number of hydroxylamine groups is 1. The summed E-state index contributed by atoms with van der Waals surface area (Å²) in [4.78, 5) is 25.9. The van der Waals surface area contributed by atoms with Gasteiger partial charge in [-0.05, 0) is 72.3 Å². The van der Waals surface area contributed by atoms with E-state index < -0.39 is 6.29 Å². The Balaban J connectivity index is 1.24. The van der Waals surface area contributed by atoms with Gasteiger partial charge in [-0.1, -0.05) is 104 Å². The average Bonchev–Trinajstić information content (AvgIpc) is 3.18. The topological polar surface area (TPSA) is 120 Å². The molecule has 2 amide bonds. The van der Waals surface area contributed by atoms with E-state index >= 15 is 0 Å². The predicted octanol–water partition coefficient (Wildman–Crippen LogP) is 7.55. The van der Waals surface area contributed by atoms with Gasteiger partial charge in [-0.25, -0.2) is 5.48 Å². The first kappa shape index (κ1) is 37.9. The van der Waals surface area contributed by atoms with Crippen molar-refractivity contribution in [3.63, 3.8) is 0 Å². The van der Waals surface area contributed by atoms with Crippen LogP contribution in [0, 0.1) is 0 Å². The van der Waals surface area contributed by atoms with Gasteiger partial charge in [0, 0.05) is 44.0 Å². The van der Waals surface area contributed by atoms with Gasteiger partial charge in [0.15, 0.2) is 6.29 Å². The maximum atomic E-state index is 12.5. The lowest BCUT2D eigenvalue weighted by Crippen LogP contribution is -2.38. The molecule has 0 bridgehead atoms. The van der Waals surface area contributed by atoms with Gasteiger partial charge in [-0.15, -0.1) is 0 Å². The van der Waals surface area contributed by atoms with Crippen molar-refractivity contribution in [3.05, 3.63) is 131 Å². The number of ether oxygens (including phenoxy) is 2. The highest BCUT2D eigenvalue weighted by atomic mass is 16.7. The van der Waals surface area contributed by atoms with Gasteiger partial charge in [0.2, 0.25) is 11.8 Å². The maximum absolute atomic E-state index is 12.5. The standard InChI is InChI=1S/C42H51N3O6/c1-30(33-13-6-5-7-14-33)45(2)28-38-26-39(34-22-20-31(29-46)21-23-34)51-42(50-38)37-17-11-16-36(25-37)35-15-10-12-32(24-35)27-43-40(47)18-8-3-4-9-19-41(48)44-49/h5-7,10-17,20-25,30,38-39,42,46,49H,3-4,8-9,18-19,26-29H2,1-2H3,(H,43,47)(H,44,48). The molecule has 1 aliphatic heterocycles. The van der Waals surface area contributed by atoms with E-state index in [9.17, 15) is 14.7 Å². The summed E-state index contributed by atoms with van der Waals surface area (Å²) in [5, 5.41) is 21.2. The predicted molar refractivity (Wildman–Crippen MR) is 197 cm³/mol. The number of aliphatic hydroxyl groups excluding tert-OH is 1. The number of likely N-dealkylation sites (N-methyl/N-ethyl adjacent to an activating group) is 1. The Morgan fingerprint density at radius 3 is 2.18 bits per heavy atom. The van der Waals surface area contributed by atoms with Gasteiger partial charge in [0.25, 0.3) is 0 Å². The Kier molecular flexibility index (Phi) is 14.3. The molecule has 4 aromatic carbocycles. The first-order valence-electron chi connectivity index (χ1n) is 18.0. The highest BCUT2D eigenvalue weighted by molar-refractivity contribution is 5.76. The van der Waals surface area contributed by atoms with Crippen molar-refractivity contribution in [1.82, 2.24) is 15.7 Å². The molecule has 4 N–H and O–H groups in total. The Labute approximate surface area is 301 Å². The van der Waals surface area contributed by atoms with Crippen LogP contribution in [0.1, 0.15) is 98.1 Å². The summed E-state index contributed by atoms with van der Waals surface area (Å²) < 4.78 is 13.4.